The number of rotatable bonds is 6. The van der Waals surface area contributed by atoms with E-state index in [9.17, 15) is 4.79 Å². The van der Waals surface area contributed by atoms with Crippen LogP contribution in [0.5, 0.6) is 0 Å². The number of hydrogen-bond acceptors (Lipinski definition) is 5. The quantitative estimate of drug-likeness (QED) is 0.845. The van der Waals surface area contributed by atoms with Gasteiger partial charge >= 0.3 is 5.69 Å². The van der Waals surface area contributed by atoms with Crippen molar-refractivity contribution in [3.05, 3.63) is 28.7 Å². The molecule has 0 atom stereocenters. The number of nitrogens with zero attached hydrogens (tertiary/aromatic N) is 3. The van der Waals surface area contributed by atoms with Gasteiger partial charge in [0.15, 0.2) is 5.16 Å². The average molecular weight is 279 g/mol. The molecule has 2 heterocycles. The summed E-state index contributed by atoms with van der Waals surface area (Å²) in [5.74, 6) is 0.841. The van der Waals surface area contributed by atoms with Crippen LogP contribution in [0.3, 0.4) is 0 Å². The predicted octanol–water partition coefficient (Wildman–Crippen LogP) is 1.96. The smallest absolute Gasteiger partial charge is 0.343 e. The maximum atomic E-state index is 11.5. The molecule has 0 radical (unpaired) electrons. The Bertz CT molecular complexity index is 592. The van der Waals surface area contributed by atoms with Gasteiger partial charge in [0.25, 0.3) is 0 Å². The van der Waals surface area contributed by atoms with E-state index in [0.29, 0.717) is 11.7 Å². The van der Waals surface area contributed by atoms with E-state index in [-0.39, 0.29) is 5.69 Å². The summed E-state index contributed by atoms with van der Waals surface area (Å²) in [4.78, 5) is 15.9. The van der Waals surface area contributed by atoms with Gasteiger partial charge in [0.2, 0.25) is 0 Å². The van der Waals surface area contributed by atoms with Gasteiger partial charge in [0.1, 0.15) is 10.8 Å². The first-order valence-electron chi connectivity index (χ1n) is 6.28. The Morgan fingerprint density at radius 2 is 2.26 bits per heavy atom. The second kappa shape index (κ2) is 6.42. The van der Waals surface area contributed by atoms with Crippen molar-refractivity contribution in [3.63, 3.8) is 0 Å². The molecule has 0 saturated heterocycles. The summed E-state index contributed by atoms with van der Waals surface area (Å²) in [5, 5.41) is 11.1. The maximum absolute atomic E-state index is 11.5. The molecule has 2 rings (SSSR count). The lowest BCUT2D eigenvalue weighted by Crippen LogP contribution is -2.16. The largest absolute Gasteiger partial charge is 0.370 e. The summed E-state index contributed by atoms with van der Waals surface area (Å²) in [6.07, 6.45) is 1.05. The molecule has 19 heavy (non-hydrogen) atoms. The van der Waals surface area contributed by atoms with Gasteiger partial charge in [-0.25, -0.2) is 14.9 Å². The van der Waals surface area contributed by atoms with Crippen LogP contribution in [0, 0.1) is 0 Å². The number of H-pyrrole nitrogens is 1. The van der Waals surface area contributed by atoms with Crippen molar-refractivity contribution in [2.45, 2.75) is 37.0 Å². The van der Waals surface area contributed by atoms with E-state index in [1.807, 2.05) is 25.1 Å². The highest BCUT2D eigenvalue weighted by molar-refractivity contribution is 7.99. The monoisotopic (exact) mass is 279 g/mol. The Labute approximate surface area is 115 Å². The minimum absolute atomic E-state index is 0.190. The zero-order valence-corrected chi connectivity index (χ0v) is 11.8. The third-order valence-corrected chi connectivity index (χ3v) is 3.45. The van der Waals surface area contributed by atoms with Crippen molar-refractivity contribution in [1.82, 2.24) is 19.7 Å². The molecule has 2 N–H and O–H groups in total. The fraction of sp³-hybridized carbons (Fsp3) is 0.417. The molecule has 0 amide bonds. The summed E-state index contributed by atoms with van der Waals surface area (Å²) in [7, 11) is 0. The highest BCUT2D eigenvalue weighted by Crippen LogP contribution is 2.24. The lowest BCUT2D eigenvalue weighted by molar-refractivity contribution is 0.660. The zero-order valence-electron chi connectivity index (χ0n) is 11.0. The van der Waals surface area contributed by atoms with Crippen LogP contribution in [0.4, 0.5) is 5.82 Å². The minimum Gasteiger partial charge on any atom is -0.370 e. The number of aromatic nitrogens is 4. The first kappa shape index (κ1) is 13.7. The third-order valence-electron chi connectivity index (χ3n) is 2.51. The molecule has 0 spiro atoms. The number of nitrogens with one attached hydrogen (secondary N) is 2. The van der Waals surface area contributed by atoms with Crippen LogP contribution in [0.1, 0.15) is 20.3 Å². The van der Waals surface area contributed by atoms with Crippen molar-refractivity contribution >= 4 is 17.6 Å². The van der Waals surface area contributed by atoms with Crippen LogP contribution in [-0.4, -0.2) is 26.3 Å². The van der Waals surface area contributed by atoms with Crippen LogP contribution in [0.15, 0.2) is 33.2 Å². The third kappa shape index (κ3) is 3.37. The summed E-state index contributed by atoms with van der Waals surface area (Å²) >= 11 is 1.38. The highest BCUT2D eigenvalue weighted by atomic mass is 32.2. The standard InChI is InChI=1S/C12H17N5OS/c1-3-8-13-9-6-5-7-10(14-9)19-12-16-15-11(18)17(12)4-2/h5-7H,3-4,8H2,1-2H3,(H,13,14)(H,15,18). The molecule has 0 aromatic carbocycles. The molecular formula is C12H17N5OS. The second-order valence-electron chi connectivity index (χ2n) is 3.95. The van der Waals surface area contributed by atoms with Crippen LogP contribution >= 0.6 is 11.8 Å². The van der Waals surface area contributed by atoms with Crippen molar-refractivity contribution in [2.75, 3.05) is 11.9 Å². The molecule has 0 bridgehead atoms. The first-order valence-corrected chi connectivity index (χ1v) is 7.10. The maximum Gasteiger partial charge on any atom is 0.343 e. The second-order valence-corrected chi connectivity index (χ2v) is 4.93. The number of anilines is 1. The number of hydrogen-bond donors (Lipinski definition) is 2. The van der Waals surface area contributed by atoms with Crippen LogP contribution < -0.4 is 11.0 Å². The van der Waals surface area contributed by atoms with Crippen LogP contribution in [0.25, 0.3) is 0 Å². The molecule has 7 heteroatoms. The van der Waals surface area contributed by atoms with E-state index in [2.05, 4.69) is 27.4 Å². The normalized spacial score (nSPS) is 10.6. The van der Waals surface area contributed by atoms with Gasteiger partial charge < -0.3 is 5.32 Å². The van der Waals surface area contributed by atoms with Gasteiger partial charge in [-0.2, -0.15) is 0 Å². The number of pyridine rings is 1. The molecule has 2 aromatic heterocycles. The van der Waals surface area contributed by atoms with Crippen molar-refractivity contribution < 1.29 is 0 Å². The summed E-state index contributed by atoms with van der Waals surface area (Å²) in [6, 6.07) is 5.77. The van der Waals surface area contributed by atoms with Gasteiger partial charge in [0, 0.05) is 13.1 Å². The van der Waals surface area contributed by atoms with E-state index in [1.54, 1.807) is 4.57 Å². The van der Waals surface area contributed by atoms with E-state index >= 15 is 0 Å². The Kier molecular flexibility index (Phi) is 4.62. The minimum atomic E-state index is -0.190. The van der Waals surface area contributed by atoms with E-state index in [4.69, 9.17) is 0 Å². The summed E-state index contributed by atoms with van der Waals surface area (Å²) in [5.41, 5.74) is -0.190. The first-order chi connectivity index (χ1) is 9.24. The topological polar surface area (TPSA) is 75.6 Å². The molecule has 0 unspecified atom stereocenters. The highest BCUT2D eigenvalue weighted by Gasteiger charge is 2.09. The molecule has 0 aliphatic carbocycles. The molecule has 102 valence electrons. The van der Waals surface area contributed by atoms with E-state index < -0.39 is 0 Å². The van der Waals surface area contributed by atoms with Gasteiger partial charge in [-0.05, 0) is 37.2 Å². The fourth-order valence-corrected chi connectivity index (χ4v) is 2.47. The summed E-state index contributed by atoms with van der Waals surface area (Å²) in [6.45, 7) is 5.50. The zero-order chi connectivity index (χ0) is 13.7. The van der Waals surface area contributed by atoms with Gasteiger partial charge in [-0.3, -0.25) is 4.57 Å². The lowest BCUT2D eigenvalue weighted by Gasteiger charge is -2.06. The lowest BCUT2D eigenvalue weighted by atomic mass is 10.4. The van der Waals surface area contributed by atoms with Crippen molar-refractivity contribution in [1.29, 1.82) is 0 Å². The van der Waals surface area contributed by atoms with Gasteiger partial charge in [0.05, 0.1) is 0 Å². The number of aromatic amines is 1. The van der Waals surface area contributed by atoms with Crippen molar-refractivity contribution in [2.24, 2.45) is 0 Å². The van der Waals surface area contributed by atoms with E-state index in [1.165, 1.54) is 11.8 Å². The Hall–Kier alpha value is -1.76. The van der Waals surface area contributed by atoms with Crippen molar-refractivity contribution in [3.8, 4) is 0 Å². The Morgan fingerprint density at radius 3 is 3.00 bits per heavy atom. The molecule has 0 aliphatic rings. The molecule has 0 aliphatic heterocycles. The van der Waals surface area contributed by atoms with Crippen LogP contribution in [0.2, 0.25) is 0 Å². The molecule has 2 aromatic rings. The summed E-state index contributed by atoms with van der Waals surface area (Å²) < 4.78 is 1.58. The van der Waals surface area contributed by atoms with Gasteiger partial charge in [-0.1, -0.05) is 13.0 Å². The Morgan fingerprint density at radius 1 is 1.42 bits per heavy atom. The van der Waals surface area contributed by atoms with Crippen LogP contribution in [-0.2, 0) is 6.54 Å². The Balaban J connectivity index is 2.16. The van der Waals surface area contributed by atoms with Gasteiger partial charge in [-0.15, -0.1) is 5.10 Å². The van der Waals surface area contributed by atoms with E-state index in [0.717, 1.165) is 23.8 Å². The molecular weight excluding hydrogens is 262 g/mol. The fourth-order valence-electron chi connectivity index (χ4n) is 1.58. The SMILES string of the molecule is CCCNc1cccc(Sc2n[nH]c(=O)n2CC)n1. The average Bonchev–Trinajstić information content (AvgIpc) is 2.77. The molecule has 0 saturated carbocycles. The molecule has 6 nitrogen and oxygen atoms in total. The molecule has 0 fully saturated rings. The predicted molar refractivity (Wildman–Crippen MR) is 75.7 cm³/mol.